The number of piperazine rings is 1. The zero-order valence-corrected chi connectivity index (χ0v) is 12.5. The molecule has 1 aliphatic rings. The van der Waals surface area contributed by atoms with Crippen LogP contribution in [0.4, 0.5) is 0 Å². The summed E-state index contributed by atoms with van der Waals surface area (Å²) in [5.41, 5.74) is 0.716. The van der Waals surface area contributed by atoms with Gasteiger partial charge in [0.15, 0.2) is 0 Å². The number of hydroxylamine groups is 2. The Kier molecular flexibility index (Phi) is 8.92. The average molecular weight is 315 g/mol. The van der Waals surface area contributed by atoms with Gasteiger partial charge in [-0.1, -0.05) is 12.1 Å². The molecule has 3 N–H and O–H groups in total. The minimum Gasteiger partial charge on any atom is -0.423 e. The summed E-state index contributed by atoms with van der Waals surface area (Å²) in [5.74, 6) is -0.161. The highest BCUT2D eigenvalue weighted by Gasteiger charge is 2.22. The third-order valence-corrected chi connectivity index (χ3v) is 2.97. The van der Waals surface area contributed by atoms with Crippen LogP contribution < -0.4 is 5.46 Å². The largest absolute Gasteiger partial charge is 0.488 e. The van der Waals surface area contributed by atoms with Gasteiger partial charge >= 0.3 is 7.12 Å². The lowest BCUT2D eigenvalue weighted by molar-refractivity contribution is -0.112. The van der Waals surface area contributed by atoms with E-state index in [0.29, 0.717) is 37.2 Å². The Hall–Kier alpha value is -1.38. The molecule has 21 heavy (non-hydrogen) atoms. The zero-order chi connectivity index (χ0) is 15.1. The molecule has 1 aromatic carbocycles. The van der Waals surface area contributed by atoms with Crippen LogP contribution in [-0.2, 0) is 0 Å². The lowest BCUT2D eigenvalue weighted by atomic mass is 9.79. The van der Waals surface area contributed by atoms with Crippen LogP contribution >= 0.6 is 12.4 Å². The minimum absolute atomic E-state index is 0. The van der Waals surface area contributed by atoms with E-state index in [1.807, 2.05) is 0 Å². The summed E-state index contributed by atoms with van der Waals surface area (Å²) in [7, 11) is -1.58. The summed E-state index contributed by atoms with van der Waals surface area (Å²) in [6, 6.07) is 6.27. The summed E-state index contributed by atoms with van der Waals surface area (Å²) in [6.07, 6.45) is 0. The van der Waals surface area contributed by atoms with Crippen LogP contribution in [0.1, 0.15) is 10.4 Å². The minimum atomic E-state index is -1.58. The summed E-state index contributed by atoms with van der Waals surface area (Å²) in [4.78, 5) is 13.8. The number of halogens is 1. The molecule has 1 amide bonds. The molecule has 116 valence electrons. The van der Waals surface area contributed by atoms with E-state index in [1.165, 1.54) is 11.1 Å². The molecule has 2 rings (SSSR count). The highest BCUT2D eigenvalue weighted by molar-refractivity contribution is 6.58. The third kappa shape index (κ3) is 5.49. The molecule has 1 saturated heterocycles. The van der Waals surface area contributed by atoms with E-state index in [9.17, 15) is 10.0 Å². The standard InChI is InChI=1S/C11H15BN2O4.C2H4.ClH/c15-11(13-4-6-14(18)7-5-13)9-2-1-3-10(8-9)12(16)17;1-2;/h1-3,8,16-18H,4-7H2;1-2H2;1H. The SMILES string of the molecule is C=C.Cl.O=C(c1cccc(B(O)O)c1)N1CCN(O)CC1. The summed E-state index contributed by atoms with van der Waals surface area (Å²) >= 11 is 0. The number of nitrogens with zero attached hydrogens (tertiary/aromatic N) is 2. The number of hydrogen-bond acceptors (Lipinski definition) is 5. The molecule has 0 unspecified atom stereocenters. The first-order valence-corrected chi connectivity index (χ1v) is 6.27. The molecular weight excluding hydrogens is 294 g/mol. The molecule has 0 aliphatic carbocycles. The van der Waals surface area contributed by atoms with Crippen LogP contribution in [0.15, 0.2) is 37.4 Å². The van der Waals surface area contributed by atoms with Crippen molar-refractivity contribution in [2.45, 2.75) is 0 Å². The Labute approximate surface area is 130 Å². The van der Waals surface area contributed by atoms with Gasteiger partial charge in [0.25, 0.3) is 5.91 Å². The van der Waals surface area contributed by atoms with Crippen LogP contribution in [0.5, 0.6) is 0 Å². The fourth-order valence-electron chi connectivity index (χ4n) is 1.91. The van der Waals surface area contributed by atoms with Gasteiger partial charge in [-0.05, 0) is 17.6 Å². The molecule has 8 heteroatoms. The number of hydrogen-bond donors (Lipinski definition) is 3. The second-order valence-corrected chi connectivity index (χ2v) is 4.24. The molecule has 0 atom stereocenters. The quantitative estimate of drug-likeness (QED) is 0.517. The van der Waals surface area contributed by atoms with Gasteiger partial charge in [-0.2, -0.15) is 5.06 Å². The van der Waals surface area contributed by atoms with Crippen molar-refractivity contribution < 1.29 is 20.0 Å². The molecule has 0 aromatic heterocycles. The molecular formula is C13H20BClN2O4. The topological polar surface area (TPSA) is 84.2 Å². The summed E-state index contributed by atoms with van der Waals surface area (Å²) in [5, 5.41) is 28.5. The van der Waals surface area contributed by atoms with Gasteiger partial charge in [0.1, 0.15) is 0 Å². The molecule has 0 radical (unpaired) electrons. The summed E-state index contributed by atoms with van der Waals surface area (Å²) < 4.78 is 0. The van der Waals surface area contributed by atoms with Crippen LogP contribution in [0.2, 0.25) is 0 Å². The van der Waals surface area contributed by atoms with Crippen molar-refractivity contribution >= 4 is 30.9 Å². The van der Waals surface area contributed by atoms with Crippen molar-refractivity contribution in [1.29, 1.82) is 0 Å². The van der Waals surface area contributed by atoms with Gasteiger partial charge in [-0.25, -0.2) is 0 Å². The van der Waals surface area contributed by atoms with E-state index in [-0.39, 0.29) is 18.3 Å². The van der Waals surface area contributed by atoms with Crippen LogP contribution in [0.3, 0.4) is 0 Å². The predicted molar refractivity (Wildman–Crippen MR) is 84.0 cm³/mol. The first-order chi connectivity index (χ1) is 9.58. The maximum absolute atomic E-state index is 12.1. The molecule has 0 spiro atoms. The van der Waals surface area contributed by atoms with Crippen LogP contribution in [0.25, 0.3) is 0 Å². The number of carbonyl (C=O) groups is 1. The van der Waals surface area contributed by atoms with Crippen molar-refractivity contribution in [1.82, 2.24) is 9.96 Å². The van der Waals surface area contributed by atoms with Gasteiger partial charge < -0.3 is 20.2 Å². The maximum atomic E-state index is 12.1. The number of benzene rings is 1. The monoisotopic (exact) mass is 314 g/mol. The summed E-state index contributed by atoms with van der Waals surface area (Å²) in [6.45, 7) is 7.77. The van der Waals surface area contributed by atoms with E-state index in [4.69, 9.17) is 10.0 Å². The molecule has 1 aliphatic heterocycles. The number of carbonyl (C=O) groups excluding carboxylic acids is 1. The Morgan fingerprint density at radius 3 is 2.24 bits per heavy atom. The Morgan fingerprint density at radius 2 is 1.71 bits per heavy atom. The van der Waals surface area contributed by atoms with Crippen molar-refractivity contribution in [2.75, 3.05) is 26.2 Å². The van der Waals surface area contributed by atoms with Gasteiger partial charge in [0, 0.05) is 31.7 Å². The van der Waals surface area contributed by atoms with Crippen molar-refractivity contribution in [3.8, 4) is 0 Å². The van der Waals surface area contributed by atoms with E-state index in [0.717, 1.165) is 0 Å². The van der Waals surface area contributed by atoms with Crippen LogP contribution in [-0.4, -0.2) is 64.4 Å². The van der Waals surface area contributed by atoms with Gasteiger partial charge in [-0.3, -0.25) is 4.79 Å². The Bertz CT molecular complexity index is 454. The van der Waals surface area contributed by atoms with Gasteiger partial charge in [0.2, 0.25) is 0 Å². The number of rotatable bonds is 2. The first-order valence-electron chi connectivity index (χ1n) is 6.27. The fraction of sp³-hybridized carbons (Fsp3) is 0.308. The van der Waals surface area contributed by atoms with Crippen molar-refractivity contribution in [3.05, 3.63) is 43.0 Å². The highest BCUT2D eigenvalue weighted by atomic mass is 35.5. The average Bonchev–Trinajstić information content (AvgIpc) is 2.49. The lowest BCUT2D eigenvalue weighted by Gasteiger charge is -2.31. The smallest absolute Gasteiger partial charge is 0.423 e. The second-order valence-electron chi connectivity index (χ2n) is 4.24. The lowest BCUT2D eigenvalue weighted by Crippen LogP contribution is -2.47. The Morgan fingerprint density at radius 1 is 1.14 bits per heavy atom. The Balaban J connectivity index is 0.00000128. The van der Waals surface area contributed by atoms with Gasteiger partial charge in [-0.15, -0.1) is 25.6 Å². The van der Waals surface area contributed by atoms with Crippen molar-refractivity contribution in [3.63, 3.8) is 0 Å². The molecule has 6 nitrogen and oxygen atoms in total. The molecule has 0 saturated carbocycles. The molecule has 1 aromatic rings. The molecule has 1 heterocycles. The van der Waals surface area contributed by atoms with Crippen LogP contribution in [0, 0.1) is 0 Å². The normalized spacial score (nSPS) is 14.5. The highest BCUT2D eigenvalue weighted by Crippen LogP contribution is 2.07. The zero-order valence-electron chi connectivity index (χ0n) is 11.7. The third-order valence-electron chi connectivity index (χ3n) is 2.97. The first kappa shape index (κ1) is 19.6. The maximum Gasteiger partial charge on any atom is 0.488 e. The fourth-order valence-corrected chi connectivity index (χ4v) is 1.91. The van der Waals surface area contributed by atoms with E-state index >= 15 is 0 Å². The van der Waals surface area contributed by atoms with Gasteiger partial charge in [0.05, 0.1) is 0 Å². The van der Waals surface area contributed by atoms with Crippen molar-refractivity contribution in [2.24, 2.45) is 0 Å². The van der Waals surface area contributed by atoms with E-state index < -0.39 is 7.12 Å². The predicted octanol–water partition coefficient (Wildman–Crippen LogP) is -0.263. The number of amides is 1. The second kappa shape index (κ2) is 9.54. The van der Waals surface area contributed by atoms with E-state index in [1.54, 1.807) is 23.1 Å². The molecule has 0 bridgehead atoms. The van der Waals surface area contributed by atoms with E-state index in [2.05, 4.69) is 13.2 Å². The molecule has 1 fully saturated rings.